The van der Waals surface area contributed by atoms with Crippen LogP contribution in [-0.2, 0) is 23.7 Å². The maximum atomic E-state index is 13.9. The van der Waals surface area contributed by atoms with Crippen molar-refractivity contribution in [1.29, 1.82) is 0 Å². The summed E-state index contributed by atoms with van der Waals surface area (Å²) in [6.07, 6.45) is -25.8. The molecule has 21 heteroatoms. The van der Waals surface area contributed by atoms with Gasteiger partial charge in [-0.15, -0.1) is 0 Å². The smallest absolute Gasteiger partial charge is 0.239 e. The normalized spacial score (nSPS) is 36.4. The van der Waals surface area contributed by atoms with Gasteiger partial charge >= 0.3 is 0 Å². The summed E-state index contributed by atoms with van der Waals surface area (Å²) in [5, 5.41) is 134. The predicted octanol–water partition coefficient (Wildman–Crippen LogP) is -4.25. The molecule has 13 N–H and O–H groups in total. The molecule has 3 saturated heterocycles. The first kappa shape index (κ1) is 38.8. The lowest BCUT2D eigenvalue weighted by molar-refractivity contribution is -0.380. The molecule has 53 heavy (non-hydrogen) atoms. The molecule has 0 amide bonds. The molecule has 0 bridgehead atoms. The molecule has 14 atom stereocenters. The molecule has 0 spiro atoms. The summed E-state index contributed by atoms with van der Waals surface area (Å²) in [6.45, 7) is -2.37. The van der Waals surface area contributed by atoms with E-state index >= 15 is 0 Å². The van der Waals surface area contributed by atoms with Crippen LogP contribution in [0.1, 0.15) is 0 Å². The molecule has 2 aromatic carbocycles. The van der Waals surface area contributed by atoms with Crippen LogP contribution in [0.4, 0.5) is 0 Å². The molecule has 0 aliphatic carbocycles. The lowest BCUT2D eigenvalue weighted by Crippen LogP contribution is -2.66. The minimum absolute atomic E-state index is 0.100. The molecule has 4 heterocycles. The number of benzene rings is 2. The van der Waals surface area contributed by atoms with Crippen molar-refractivity contribution in [2.24, 2.45) is 0 Å². The zero-order valence-electron chi connectivity index (χ0n) is 27.2. The van der Waals surface area contributed by atoms with Crippen LogP contribution in [0.25, 0.3) is 22.3 Å². The zero-order valence-corrected chi connectivity index (χ0v) is 27.2. The highest BCUT2D eigenvalue weighted by Crippen LogP contribution is 2.40. The molecule has 6 rings (SSSR count). The number of aliphatic hydroxyl groups excluding tert-OH is 9. The Hall–Kier alpha value is -3.91. The molecule has 3 aliphatic heterocycles. The SMILES string of the molecule is O=c1c(O[C@@H]2O[C@H](CO)[C@@H](O)[C@H](O[C@@H]3O[C@H](CO)[C@@H](O)[C@H](O)[C@H]3O[C@@H]3OC[C@@H](O)[C@H](O)[C@H]3O)[C@H]2O)c(-c2ccc(O)c(O)c2)oc2cc(O)cc(O)c12. The van der Waals surface area contributed by atoms with Crippen molar-refractivity contribution in [3.8, 4) is 40.1 Å². The molecule has 0 radical (unpaired) electrons. The zero-order chi connectivity index (χ0) is 38.5. The number of hydrogen-bond acceptors (Lipinski definition) is 21. The van der Waals surface area contributed by atoms with Crippen LogP contribution in [0.5, 0.6) is 28.7 Å². The third-order valence-corrected chi connectivity index (χ3v) is 9.07. The number of aliphatic hydroxyl groups is 9. The van der Waals surface area contributed by atoms with Crippen LogP contribution in [0, 0.1) is 0 Å². The van der Waals surface area contributed by atoms with Gasteiger partial charge in [0, 0.05) is 17.7 Å². The molecule has 3 aromatic rings. The number of phenols is 4. The quantitative estimate of drug-likeness (QED) is 0.0919. The number of hydrogen-bond donors (Lipinski definition) is 13. The van der Waals surface area contributed by atoms with Gasteiger partial charge in [-0.3, -0.25) is 4.79 Å². The fourth-order valence-corrected chi connectivity index (χ4v) is 6.18. The summed E-state index contributed by atoms with van der Waals surface area (Å²) in [5.41, 5.74) is -1.56. The Bertz CT molecular complexity index is 1820. The van der Waals surface area contributed by atoms with Gasteiger partial charge < -0.3 is 99.2 Å². The highest BCUT2D eigenvalue weighted by atomic mass is 16.8. The van der Waals surface area contributed by atoms with Gasteiger partial charge in [0.15, 0.2) is 29.8 Å². The fraction of sp³-hybridized carbons (Fsp3) is 0.531. The first-order valence-corrected chi connectivity index (χ1v) is 16.1. The monoisotopic (exact) mass is 758 g/mol. The lowest BCUT2D eigenvalue weighted by atomic mass is 9.96. The Morgan fingerprint density at radius 2 is 1.32 bits per heavy atom. The molecule has 0 saturated carbocycles. The standard InChI is InChI=1S/C32H38O21/c33-6-16-20(41)23(44)29(53-30-24(45)19(40)14(39)8-47-30)32(50-16)51-27-21(42)17(7-34)49-31(25(27)46)52-28-22(43)18-13(38)4-10(35)5-15(18)48-26(28)9-1-2-11(36)12(37)3-9/h1-5,14,16-17,19-21,23-25,27,29-42,44-46H,6-8H2/t14-,16-,17-,19+,20-,21-,23+,24-,25-,27+,29-,30+,31+,32+/m1/s1. The van der Waals surface area contributed by atoms with E-state index < -0.39 is 151 Å². The van der Waals surface area contributed by atoms with Crippen LogP contribution in [0.3, 0.4) is 0 Å². The first-order valence-electron chi connectivity index (χ1n) is 16.1. The van der Waals surface area contributed by atoms with E-state index in [-0.39, 0.29) is 11.1 Å². The van der Waals surface area contributed by atoms with Crippen LogP contribution in [0.2, 0.25) is 0 Å². The third-order valence-electron chi connectivity index (χ3n) is 9.07. The Balaban J connectivity index is 1.36. The van der Waals surface area contributed by atoms with Gasteiger partial charge in [-0.1, -0.05) is 0 Å². The molecule has 3 aliphatic rings. The average Bonchev–Trinajstić information content (AvgIpc) is 3.12. The fourth-order valence-electron chi connectivity index (χ4n) is 6.18. The van der Waals surface area contributed by atoms with Crippen LogP contribution in [-0.4, -0.2) is 172 Å². The number of fused-ring (bicyclic) bond motifs is 1. The van der Waals surface area contributed by atoms with Crippen molar-refractivity contribution >= 4 is 11.0 Å². The highest BCUT2D eigenvalue weighted by molar-refractivity contribution is 5.88. The maximum Gasteiger partial charge on any atom is 0.239 e. The summed E-state index contributed by atoms with van der Waals surface area (Å²) in [6, 6.07) is 5.04. The molecular formula is C32H38O21. The van der Waals surface area contributed by atoms with Crippen molar-refractivity contribution in [2.45, 2.75) is 86.0 Å². The number of ether oxygens (including phenoxy) is 6. The van der Waals surface area contributed by atoms with E-state index in [4.69, 9.17) is 32.8 Å². The van der Waals surface area contributed by atoms with Crippen molar-refractivity contribution in [3.63, 3.8) is 0 Å². The summed E-state index contributed by atoms with van der Waals surface area (Å²) in [4.78, 5) is 13.9. The predicted molar refractivity (Wildman–Crippen MR) is 168 cm³/mol. The van der Waals surface area contributed by atoms with E-state index in [0.29, 0.717) is 0 Å². The summed E-state index contributed by atoms with van der Waals surface area (Å²) in [7, 11) is 0. The summed E-state index contributed by atoms with van der Waals surface area (Å²) in [5.74, 6) is -3.71. The number of phenolic OH excluding ortho intramolecular Hbond substituents is 4. The molecular weight excluding hydrogens is 720 g/mol. The molecule has 1 aromatic heterocycles. The second-order valence-corrected chi connectivity index (χ2v) is 12.6. The minimum Gasteiger partial charge on any atom is -0.508 e. The number of aromatic hydroxyl groups is 4. The van der Waals surface area contributed by atoms with Crippen molar-refractivity contribution in [2.75, 3.05) is 19.8 Å². The van der Waals surface area contributed by atoms with Crippen LogP contribution < -0.4 is 10.2 Å². The van der Waals surface area contributed by atoms with E-state index in [2.05, 4.69) is 0 Å². The average molecular weight is 759 g/mol. The minimum atomic E-state index is -2.15. The molecule has 21 nitrogen and oxygen atoms in total. The molecule has 3 fully saturated rings. The van der Waals surface area contributed by atoms with Crippen molar-refractivity contribution in [3.05, 3.63) is 40.6 Å². The second kappa shape index (κ2) is 15.4. The van der Waals surface area contributed by atoms with Gasteiger partial charge in [0.2, 0.25) is 17.5 Å². The third kappa shape index (κ3) is 7.33. The summed E-state index contributed by atoms with van der Waals surface area (Å²) < 4.78 is 39.4. The van der Waals surface area contributed by atoms with E-state index in [1.165, 1.54) is 6.07 Å². The molecule has 292 valence electrons. The Morgan fingerprint density at radius 1 is 0.660 bits per heavy atom. The first-order chi connectivity index (χ1) is 25.1. The van der Waals surface area contributed by atoms with Crippen LogP contribution in [0.15, 0.2) is 39.5 Å². The van der Waals surface area contributed by atoms with Gasteiger partial charge in [-0.05, 0) is 18.2 Å². The van der Waals surface area contributed by atoms with E-state index in [0.717, 1.165) is 24.3 Å². The lowest BCUT2D eigenvalue weighted by Gasteiger charge is -2.47. The van der Waals surface area contributed by atoms with E-state index in [9.17, 15) is 71.2 Å². The van der Waals surface area contributed by atoms with Crippen molar-refractivity contribution < 1.29 is 99.2 Å². The number of rotatable bonds is 9. The van der Waals surface area contributed by atoms with Crippen LogP contribution >= 0.6 is 0 Å². The van der Waals surface area contributed by atoms with Gasteiger partial charge in [0.25, 0.3) is 0 Å². The Morgan fingerprint density at radius 3 is 2.00 bits per heavy atom. The van der Waals surface area contributed by atoms with Gasteiger partial charge in [0.1, 0.15) is 89.6 Å². The van der Waals surface area contributed by atoms with E-state index in [1.54, 1.807) is 0 Å². The second-order valence-electron chi connectivity index (χ2n) is 12.6. The topological polar surface area (TPSA) is 349 Å². The molecule has 0 unspecified atom stereocenters. The highest BCUT2D eigenvalue weighted by Gasteiger charge is 2.54. The van der Waals surface area contributed by atoms with E-state index in [1.807, 2.05) is 0 Å². The van der Waals surface area contributed by atoms with Gasteiger partial charge in [-0.2, -0.15) is 0 Å². The Labute approximate surface area is 296 Å². The van der Waals surface area contributed by atoms with Crippen molar-refractivity contribution in [1.82, 2.24) is 0 Å². The Kier molecular flexibility index (Phi) is 11.3. The van der Waals surface area contributed by atoms with Gasteiger partial charge in [0.05, 0.1) is 19.8 Å². The summed E-state index contributed by atoms with van der Waals surface area (Å²) >= 11 is 0. The maximum absolute atomic E-state index is 13.9. The van der Waals surface area contributed by atoms with Gasteiger partial charge in [-0.25, -0.2) is 0 Å². The largest absolute Gasteiger partial charge is 0.508 e.